The molecule has 3 aromatic rings. The summed E-state index contributed by atoms with van der Waals surface area (Å²) in [4.78, 5) is 16.6. The second-order valence-electron chi connectivity index (χ2n) is 6.06. The fourth-order valence-corrected chi connectivity index (χ4v) is 3.65. The maximum absolute atomic E-state index is 11.8. The smallest absolute Gasteiger partial charge is 0.160 e. The molecule has 0 bridgehead atoms. The molecule has 1 aromatic heterocycles. The number of rotatable bonds is 3. The van der Waals surface area contributed by atoms with Gasteiger partial charge < -0.3 is 4.57 Å². The third kappa shape index (κ3) is 3.72. The lowest BCUT2D eigenvalue weighted by Crippen LogP contribution is -2.05. The predicted molar refractivity (Wildman–Crippen MR) is 113 cm³/mol. The van der Waals surface area contributed by atoms with E-state index in [1.54, 1.807) is 19.1 Å². The minimum absolute atomic E-state index is 0.0511. The Kier molecular flexibility index (Phi) is 6.64. The molecule has 26 heavy (non-hydrogen) atoms. The highest BCUT2D eigenvalue weighted by Crippen LogP contribution is 2.29. The van der Waals surface area contributed by atoms with Gasteiger partial charge in [-0.15, -0.1) is 0 Å². The molecule has 0 aliphatic heterocycles. The third-order valence-electron chi connectivity index (χ3n) is 4.59. The van der Waals surface area contributed by atoms with Gasteiger partial charge in [0.25, 0.3) is 0 Å². The van der Waals surface area contributed by atoms with Gasteiger partial charge in [0.05, 0.1) is 11.0 Å². The minimum atomic E-state index is 0.0511. The number of carbonyl (C=O) groups is 1. The molecule has 0 aliphatic carbocycles. The number of carbonyl (C=O) groups excluding carboxylic acids is 1. The van der Waals surface area contributed by atoms with E-state index < -0.39 is 0 Å². The Labute approximate surface area is 168 Å². The second kappa shape index (κ2) is 8.36. The average molecular weight is 436 g/mol. The van der Waals surface area contributed by atoms with Crippen molar-refractivity contribution in [1.29, 1.82) is 0 Å². The quantitative estimate of drug-likeness (QED) is 0.444. The van der Waals surface area contributed by atoms with Crippen LogP contribution in [0.1, 0.15) is 53.6 Å². The van der Waals surface area contributed by atoms with E-state index in [2.05, 4.69) is 33.5 Å². The van der Waals surface area contributed by atoms with Crippen molar-refractivity contribution in [3.8, 4) is 0 Å². The lowest BCUT2D eigenvalue weighted by Gasteiger charge is -2.12. The highest BCUT2D eigenvalue weighted by molar-refractivity contribution is 9.10. The van der Waals surface area contributed by atoms with Gasteiger partial charge in [0.2, 0.25) is 0 Å². The fraction of sp³-hybridized carbons (Fsp3) is 0.333. The van der Waals surface area contributed by atoms with Crippen LogP contribution < -0.4 is 0 Å². The molecule has 0 spiro atoms. The molecule has 0 amide bonds. The molecule has 0 aliphatic rings. The first kappa shape index (κ1) is 20.7. The highest BCUT2D eigenvalue weighted by atomic mass is 79.9. The molecule has 0 atom stereocenters. The van der Waals surface area contributed by atoms with Crippen molar-refractivity contribution in [2.45, 2.75) is 41.0 Å². The van der Waals surface area contributed by atoms with Gasteiger partial charge in [-0.1, -0.05) is 41.4 Å². The van der Waals surface area contributed by atoms with Crippen LogP contribution in [0.15, 0.2) is 28.7 Å². The summed E-state index contributed by atoms with van der Waals surface area (Å²) in [6.45, 7) is 9.58. The standard InChI is InChI=1S/C19H18BrClN2O.C2H6/c1-10-13(12(3)24)5-7-16(21)14(10)9-18-22-19-11(2)15(20)6-8-17(19)23(18)4;1-2/h5-8H,9H2,1-4H3;1-2H3. The summed E-state index contributed by atoms with van der Waals surface area (Å²) >= 11 is 9.97. The molecule has 0 fully saturated rings. The number of halogens is 2. The monoisotopic (exact) mass is 434 g/mol. The fourth-order valence-electron chi connectivity index (χ4n) is 3.05. The molecule has 2 aromatic carbocycles. The van der Waals surface area contributed by atoms with Gasteiger partial charge in [0.1, 0.15) is 5.82 Å². The first-order valence-corrected chi connectivity index (χ1v) is 9.87. The van der Waals surface area contributed by atoms with Crippen LogP contribution >= 0.6 is 27.5 Å². The van der Waals surface area contributed by atoms with E-state index in [-0.39, 0.29) is 5.78 Å². The van der Waals surface area contributed by atoms with E-state index in [1.165, 1.54) is 0 Å². The van der Waals surface area contributed by atoms with E-state index in [0.717, 1.165) is 38.0 Å². The molecule has 1 heterocycles. The van der Waals surface area contributed by atoms with E-state index in [4.69, 9.17) is 16.6 Å². The molecule has 0 unspecified atom stereocenters. The predicted octanol–water partition coefficient (Wildman–Crippen LogP) is 6.43. The van der Waals surface area contributed by atoms with Crippen LogP contribution in [0.5, 0.6) is 0 Å². The minimum Gasteiger partial charge on any atom is -0.331 e. The summed E-state index contributed by atoms with van der Waals surface area (Å²) in [6.07, 6.45) is 0.591. The highest BCUT2D eigenvalue weighted by Gasteiger charge is 2.16. The van der Waals surface area contributed by atoms with Crippen LogP contribution in [0.4, 0.5) is 0 Å². The lowest BCUT2D eigenvalue weighted by atomic mass is 9.97. The number of benzene rings is 2. The van der Waals surface area contributed by atoms with E-state index in [1.807, 2.05) is 33.9 Å². The Hall–Kier alpha value is -1.65. The van der Waals surface area contributed by atoms with Crippen molar-refractivity contribution < 1.29 is 4.79 Å². The van der Waals surface area contributed by atoms with Gasteiger partial charge in [0.15, 0.2) is 5.78 Å². The number of fused-ring (bicyclic) bond motifs is 1. The maximum atomic E-state index is 11.8. The second-order valence-corrected chi connectivity index (χ2v) is 7.32. The lowest BCUT2D eigenvalue weighted by molar-refractivity contribution is 0.101. The number of imidazole rings is 1. The molecule has 0 radical (unpaired) electrons. The van der Waals surface area contributed by atoms with E-state index >= 15 is 0 Å². The van der Waals surface area contributed by atoms with Gasteiger partial charge in [0, 0.05) is 28.5 Å². The van der Waals surface area contributed by atoms with Gasteiger partial charge in [-0.05, 0) is 61.7 Å². The number of hydrogen-bond acceptors (Lipinski definition) is 2. The van der Waals surface area contributed by atoms with Crippen molar-refractivity contribution >= 4 is 44.3 Å². The first-order valence-electron chi connectivity index (χ1n) is 8.70. The van der Waals surface area contributed by atoms with Crippen LogP contribution in [0, 0.1) is 13.8 Å². The van der Waals surface area contributed by atoms with Crippen molar-refractivity contribution in [2.75, 3.05) is 0 Å². The topological polar surface area (TPSA) is 34.9 Å². The summed E-state index contributed by atoms with van der Waals surface area (Å²) < 4.78 is 3.14. The van der Waals surface area contributed by atoms with Crippen LogP contribution in [0.25, 0.3) is 11.0 Å². The number of hydrogen-bond donors (Lipinski definition) is 0. The maximum Gasteiger partial charge on any atom is 0.160 e. The Morgan fingerprint density at radius 2 is 1.81 bits per heavy atom. The zero-order valence-electron chi connectivity index (χ0n) is 16.1. The summed E-state index contributed by atoms with van der Waals surface area (Å²) in [5.74, 6) is 0.979. The number of Topliss-reactive ketones (excluding diaryl/α,β-unsaturated/α-hetero) is 1. The zero-order chi connectivity index (χ0) is 19.6. The summed E-state index contributed by atoms with van der Waals surface area (Å²) in [5.41, 5.74) is 5.79. The molecular formula is C21H24BrClN2O. The van der Waals surface area contributed by atoms with Crippen molar-refractivity contribution in [3.05, 3.63) is 61.8 Å². The summed E-state index contributed by atoms with van der Waals surface area (Å²) in [7, 11) is 2.01. The molecule has 0 saturated heterocycles. The Morgan fingerprint density at radius 3 is 2.42 bits per heavy atom. The third-order valence-corrected chi connectivity index (χ3v) is 5.80. The van der Waals surface area contributed by atoms with Crippen molar-refractivity contribution in [1.82, 2.24) is 9.55 Å². The molecular weight excluding hydrogens is 412 g/mol. The van der Waals surface area contributed by atoms with Crippen molar-refractivity contribution in [3.63, 3.8) is 0 Å². The Morgan fingerprint density at radius 1 is 1.15 bits per heavy atom. The normalized spacial score (nSPS) is 10.6. The number of aromatic nitrogens is 2. The van der Waals surface area contributed by atoms with Gasteiger partial charge in [-0.2, -0.15) is 0 Å². The number of ketones is 1. The largest absolute Gasteiger partial charge is 0.331 e. The summed E-state index contributed by atoms with van der Waals surface area (Å²) in [5, 5.41) is 0.669. The van der Waals surface area contributed by atoms with Crippen molar-refractivity contribution in [2.24, 2.45) is 7.05 Å². The molecule has 0 N–H and O–H groups in total. The SMILES string of the molecule is CC.CC(=O)c1ccc(Cl)c(Cc2nc3c(C)c(Br)ccc3n2C)c1C. The van der Waals surface area contributed by atoms with Crippen LogP contribution in [0.3, 0.4) is 0 Å². The zero-order valence-corrected chi connectivity index (χ0v) is 18.4. The molecule has 138 valence electrons. The van der Waals surface area contributed by atoms with Gasteiger partial charge >= 0.3 is 0 Å². The number of aryl methyl sites for hydroxylation is 2. The molecule has 3 rings (SSSR count). The van der Waals surface area contributed by atoms with Gasteiger partial charge in [-0.3, -0.25) is 4.79 Å². The summed E-state index contributed by atoms with van der Waals surface area (Å²) in [6, 6.07) is 7.69. The van der Waals surface area contributed by atoms with E-state index in [9.17, 15) is 4.79 Å². The Bertz CT molecular complexity index is 976. The number of nitrogens with zero attached hydrogens (tertiary/aromatic N) is 2. The molecule has 5 heteroatoms. The average Bonchev–Trinajstić information content (AvgIpc) is 2.93. The van der Waals surface area contributed by atoms with Crippen LogP contribution in [-0.2, 0) is 13.5 Å². The molecule has 0 saturated carbocycles. The van der Waals surface area contributed by atoms with Crippen LogP contribution in [-0.4, -0.2) is 15.3 Å². The van der Waals surface area contributed by atoms with E-state index in [0.29, 0.717) is 17.0 Å². The van der Waals surface area contributed by atoms with Gasteiger partial charge in [-0.25, -0.2) is 4.98 Å². The Balaban J connectivity index is 0.00000117. The first-order chi connectivity index (χ1) is 12.3. The molecule has 3 nitrogen and oxygen atoms in total. The van der Waals surface area contributed by atoms with Crippen LogP contribution in [0.2, 0.25) is 5.02 Å².